The lowest BCUT2D eigenvalue weighted by Gasteiger charge is -2.11. The first-order valence-electron chi connectivity index (χ1n) is 3.43. The lowest BCUT2D eigenvalue weighted by molar-refractivity contribution is -0.120. The zero-order valence-corrected chi connectivity index (χ0v) is 6.96. The Morgan fingerprint density at radius 1 is 1.58 bits per heavy atom. The molecular formula is C7H13N3O2. The van der Waals surface area contributed by atoms with E-state index < -0.39 is 12.1 Å². The summed E-state index contributed by atoms with van der Waals surface area (Å²) in [6.07, 6.45) is -0.800. The smallest absolute Gasteiger partial charge is 0.247 e. The summed E-state index contributed by atoms with van der Waals surface area (Å²) >= 11 is 0. The number of carbonyl (C=O) groups is 2. The van der Waals surface area contributed by atoms with Gasteiger partial charge in [0.25, 0.3) is 0 Å². The Morgan fingerprint density at radius 3 is 2.42 bits per heavy atom. The van der Waals surface area contributed by atoms with Crippen LogP contribution in [0, 0.1) is 0 Å². The minimum absolute atomic E-state index is 0.0704. The molecule has 12 heavy (non-hydrogen) atoms. The summed E-state index contributed by atoms with van der Waals surface area (Å²) in [7, 11) is 0. The predicted octanol–water partition coefficient (Wildman–Crippen LogP) is -1.16. The molecular weight excluding hydrogens is 158 g/mol. The second-order valence-electron chi connectivity index (χ2n) is 2.53. The van der Waals surface area contributed by atoms with E-state index in [1.165, 1.54) is 0 Å². The van der Waals surface area contributed by atoms with Gasteiger partial charge in [0, 0.05) is 5.57 Å². The molecule has 0 saturated carbocycles. The molecule has 0 heterocycles. The van der Waals surface area contributed by atoms with Crippen molar-refractivity contribution in [3.05, 3.63) is 12.2 Å². The molecule has 5 N–H and O–H groups in total. The third kappa shape index (κ3) is 4.45. The van der Waals surface area contributed by atoms with Crippen molar-refractivity contribution in [2.75, 3.05) is 0 Å². The second-order valence-corrected chi connectivity index (χ2v) is 2.53. The SMILES string of the molecule is C=C(C)C(=O)NC(N)CC(N)=O. The average molecular weight is 171 g/mol. The minimum atomic E-state index is -0.730. The fraction of sp³-hybridized carbons (Fsp3) is 0.429. The van der Waals surface area contributed by atoms with E-state index in [0.29, 0.717) is 5.57 Å². The van der Waals surface area contributed by atoms with E-state index in [4.69, 9.17) is 11.5 Å². The minimum Gasteiger partial charge on any atom is -0.370 e. The van der Waals surface area contributed by atoms with Crippen LogP contribution in [0.2, 0.25) is 0 Å². The Hall–Kier alpha value is -1.36. The van der Waals surface area contributed by atoms with Gasteiger partial charge in [-0.1, -0.05) is 6.58 Å². The summed E-state index contributed by atoms with van der Waals surface area (Å²) in [5.74, 6) is -0.923. The average Bonchev–Trinajstić information content (AvgIpc) is 1.84. The highest BCUT2D eigenvalue weighted by atomic mass is 16.2. The number of nitrogens with two attached hydrogens (primary N) is 2. The molecule has 0 aliphatic heterocycles. The van der Waals surface area contributed by atoms with Gasteiger partial charge in [-0.2, -0.15) is 0 Å². The molecule has 0 rings (SSSR count). The first-order chi connectivity index (χ1) is 5.43. The molecule has 0 saturated heterocycles. The summed E-state index contributed by atoms with van der Waals surface area (Å²) in [5.41, 5.74) is 10.5. The van der Waals surface area contributed by atoms with Gasteiger partial charge in [-0.3, -0.25) is 9.59 Å². The standard InChI is InChI=1S/C7H13N3O2/c1-4(2)7(12)10-5(8)3-6(9)11/h5H,1,3,8H2,2H3,(H2,9,11)(H,10,12). The first-order valence-corrected chi connectivity index (χ1v) is 3.43. The van der Waals surface area contributed by atoms with Gasteiger partial charge in [0.2, 0.25) is 11.8 Å². The zero-order valence-electron chi connectivity index (χ0n) is 6.96. The molecule has 2 amide bonds. The van der Waals surface area contributed by atoms with Crippen LogP contribution in [-0.4, -0.2) is 18.0 Å². The van der Waals surface area contributed by atoms with Crippen LogP contribution in [0.4, 0.5) is 0 Å². The van der Waals surface area contributed by atoms with Crippen LogP contribution in [0.15, 0.2) is 12.2 Å². The number of amides is 2. The molecule has 1 atom stereocenters. The summed E-state index contributed by atoms with van der Waals surface area (Å²) in [6, 6.07) is 0. The summed E-state index contributed by atoms with van der Waals surface area (Å²) in [4.78, 5) is 21.2. The van der Waals surface area contributed by atoms with Crippen molar-refractivity contribution in [1.29, 1.82) is 0 Å². The van der Waals surface area contributed by atoms with E-state index in [0.717, 1.165) is 0 Å². The Kier molecular flexibility index (Phi) is 3.99. The first kappa shape index (κ1) is 10.6. The quantitative estimate of drug-likeness (QED) is 0.367. The fourth-order valence-corrected chi connectivity index (χ4v) is 0.559. The van der Waals surface area contributed by atoms with Gasteiger partial charge in [0.1, 0.15) is 0 Å². The Bertz CT molecular complexity index is 213. The van der Waals surface area contributed by atoms with Gasteiger partial charge >= 0.3 is 0 Å². The van der Waals surface area contributed by atoms with Crippen LogP contribution in [-0.2, 0) is 9.59 Å². The lowest BCUT2D eigenvalue weighted by Crippen LogP contribution is -2.44. The third-order valence-corrected chi connectivity index (χ3v) is 1.13. The van der Waals surface area contributed by atoms with E-state index in [2.05, 4.69) is 11.9 Å². The monoisotopic (exact) mass is 171 g/mol. The van der Waals surface area contributed by atoms with Crippen LogP contribution >= 0.6 is 0 Å². The topological polar surface area (TPSA) is 98.2 Å². The van der Waals surface area contributed by atoms with Crippen LogP contribution in [0.3, 0.4) is 0 Å². The van der Waals surface area contributed by atoms with Gasteiger partial charge in [0.15, 0.2) is 0 Å². The van der Waals surface area contributed by atoms with Crippen molar-refractivity contribution >= 4 is 11.8 Å². The van der Waals surface area contributed by atoms with E-state index in [1.54, 1.807) is 6.92 Å². The van der Waals surface area contributed by atoms with E-state index >= 15 is 0 Å². The Morgan fingerprint density at radius 2 is 2.08 bits per heavy atom. The third-order valence-electron chi connectivity index (χ3n) is 1.13. The van der Waals surface area contributed by atoms with Crippen molar-refractivity contribution in [3.8, 4) is 0 Å². The zero-order chi connectivity index (χ0) is 9.72. The van der Waals surface area contributed by atoms with E-state index in [-0.39, 0.29) is 12.3 Å². The number of primary amides is 1. The van der Waals surface area contributed by atoms with Gasteiger partial charge in [-0.05, 0) is 6.92 Å². The van der Waals surface area contributed by atoms with Crippen LogP contribution in [0.25, 0.3) is 0 Å². The highest BCUT2D eigenvalue weighted by Crippen LogP contribution is 1.88. The van der Waals surface area contributed by atoms with Crippen molar-refractivity contribution in [2.45, 2.75) is 19.5 Å². The number of nitrogens with one attached hydrogen (secondary N) is 1. The largest absolute Gasteiger partial charge is 0.370 e. The maximum absolute atomic E-state index is 10.9. The molecule has 0 aliphatic rings. The molecule has 0 spiro atoms. The van der Waals surface area contributed by atoms with E-state index in [9.17, 15) is 9.59 Å². The maximum atomic E-state index is 10.9. The van der Waals surface area contributed by atoms with Crippen molar-refractivity contribution in [2.24, 2.45) is 11.5 Å². The molecule has 0 bridgehead atoms. The molecule has 0 aromatic rings. The Labute approximate surface area is 70.8 Å². The number of carbonyl (C=O) groups excluding carboxylic acids is 2. The van der Waals surface area contributed by atoms with Crippen LogP contribution in [0.1, 0.15) is 13.3 Å². The van der Waals surface area contributed by atoms with Gasteiger partial charge in [0.05, 0.1) is 12.6 Å². The number of hydrogen-bond acceptors (Lipinski definition) is 3. The molecule has 5 nitrogen and oxygen atoms in total. The second kappa shape index (κ2) is 4.50. The molecule has 5 heteroatoms. The molecule has 1 unspecified atom stereocenters. The van der Waals surface area contributed by atoms with Crippen molar-refractivity contribution in [3.63, 3.8) is 0 Å². The molecule has 0 aromatic heterocycles. The molecule has 0 radical (unpaired) electrons. The van der Waals surface area contributed by atoms with Gasteiger partial charge in [-0.15, -0.1) is 0 Å². The molecule has 0 aliphatic carbocycles. The van der Waals surface area contributed by atoms with Crippen molar-refractivity contribution in [1.82, 2.24) is 5.32 Å². The van der Waals surface area contributed by atoms with Gasteiger partial charge in [-0.25, -0.2) is 0 Å². The van der Waals surface area contributed by atoms with Crippen LogP contribution < -0.4 is 16.8 Å². The fourth-order valence-electron chi connectivity index (χ4n) is 0.559. The summed E-state index contributed by atoms with van der Waals surface area (Å²) in [5, 5.41) is 2.35. The predicted molar refractivity (Wildman–Crippen MR) is 44.7 cm³/mol. The maximum Gasteiger partial charge on any atom is 0.247 e. The van der Waals surface area contributed by atoms with Crippen molar-refractivity contribution < 1.29 is 9.59 Å². The molecule has 0 aromatic carbocycles. The molecule has 68 valence electrons. The van der Waals surface area contributed by atoms with E-state index in [1.807, 2.05) is 0 Å². The van der Waals surface area contributed by atoms with Crippen LogP contribution in [0.5, 0.6) is 0 Å². The normalized spacial score (nSPS) is 11.8. The lowest BCUT2D eigenvalue weighted by atomic mass is 10.3. The van der Waals surface area contributed by atoms with Gasteiger partial charge < -0.3 is 16.8 Å². The summed E-state index contributed by atoms with van der Waals surface area (Å²) < 4.78 is 0. The highest BCUT2D eigenvalue weighted by Gasteiger charge is 2.09. The number of hydrogen-bond donors (Lipinski definition) is 3. The summed E-state index contributed by atoms with van der Waals surface area (Å²) in [6.45, 7) is 4.95. The Balaban J connectivity index is 3.84. The molecule has 0 fully saturated rings. The highest BCUT2D eigenvalue weighted by molar-refractivity contribution is 5.92. The number of rotatable bonds is 4.